The number of carbonyl (C=O) groups is 1. The average molecular weight is 338 g/mol. The molecule has 4 rings (SSSR count). The van der Waals surface area contributed by atoms with Crippen LogP contribution in [-0.4, -0.2) is 38.4 Å². The highest BCUT2D eigenvalue weighted by atomic mass is 19.1. The highest BCUT2D eigenvalue weighted by Gasteiger charge is 2.25. The summed E-state index contributed by atoms with van der Waals surface area (Å²) >= 11 is 0. The van der Waals surface area contributed by atoms with Gasteiger partial charge in [-0.25, -0.2) is 9.37 Å². The van der Waals surface area contributed by atoms with E-state index in [2.05, 4.69) is 14.5 Å². The Hall–Kier alpha value is -2.89. The first kappa shape index (κ1) is 15.6. The van der Waals surface area contributed by atoms with Gasteiger partial charge in [-0.1, -0.05) is 0 Å². The molecule has 6 heteroatoms. The second kappa shape index (κ2) is 6.55. The molecule has 0 spiro atoms. The van der Waals surface area contributed by atoms with Crippen molar-refractivity contribution in [1.29, 1.82) is 0 Å². The minimum atomic E-state index is -0.330. The zero-order valence-corrected chi connectivity index (χ0v) is 13.7. The molecule has 0 radical (unpaired) electrons. The van der Waals surface area contributed by atoms with Crippen LogP contribution >= 0.6 is 0 Å². The smallest absolute Gasteiger partial charge is 0.253 e. The summed E-state index contributed by atoms with van der Waals surface area (Å²) in [4.78, 5) is 22.1. The topological polar surface area (TPSA) is 53.9 Å². The number of imidazole rings is 1. The third-order valence-corrected chi connectivity index (χ3v) is 4.67. The van der Waals surface area contributed by atoms with Crippen molar-refractivity contribution in [1.82, 2.24) is 19.4 Å². The van der Waals surface area contributed by atoms with Gasteiger partial charge in [-0.3, -0.25) is 4.79 Å². The number of hydrogen-bond donors (Lipinski definition) is 1. The number of aromatic nitrogens is 3. The Morgan fingerprint density at radius 3 is 2.84 bits per heavy atom. The molecule has 1 unspecified atom stereocenters. The van der Waals surface area contributed by atoms with E-state index < -0.39 is 0 Å². The summed E-state index contributed by atoms with van der Waals surface area (Å²) < 4.78 is 15.1. The van der Waals surface area contributed by atoms with E-state index in [1.54, 1.807) is 12.1 Å². The normalized spacial score (nSPS) is 17.6. The van der Waals surface area contributed by atoms with E-state index >= 15 is 0 Å². The fraction of sp³-hybridized carbons (Fsp3) is 0.263. The molecular weight excluding hydrogens is 319 g/mol. The number of amides is 1. The van der Waals surface area contributed by atoms with Crippen LogP contribution in [0.3, 0.4) is 0 Å². The lowest BCUT2D eigenvalue weighted by Crippen LogP contribution is -2.40. The Balaban J connectivity index is 1.49. The Bertz CT molecular complexity index is 854. The fourth-order valence-electron chi connectivity index (χ4n) is 3.32. The van der Waals surface area contributed by atoms with E-state index in [-0.39, 0.29) is 17.8 Å². The molecule has 1 aliphatic rings. The van der Waals surface area contributed by atoms with Gasteiger partial charge < -0.3 is 14.5 Å². The molecule has 5 nitrogen and oxygen atoms in total. The molecule has 1 atom stereocenters. The number of piperidine rings is 1. The van der Waals surface area contributed by atoms with Crippen molar-refractivity contribution < 1.29 is 9.18 Å². The summed E-state index contributed by atoms with van der Waals surface area (Å²) in [7, 11) is 0. The zero-order valence-electron chi connectivity index (χ0n) is 13.7. The second-order valence-corrected chi connectivity index (χ2v) is 6.34. The number of benzene rings is 1. The monoisotopic (exact) mass is 338 g/mol. The van der Waals surface area contributed by atoms with Gasteiger partial charge in [0.15, 0.2) is 0 Å². The Morgan fingerprint density at radius 1 is 1.24 bits per heavy atom. The number of nitrogens with one attached hydrogen (secondary N) is 1. The largest absolute Gasteiger partial charge is 0.360 e. The average Bonchev–Trinajstić information content (AvgIpc) is 3.33. The molecule has 3 aromatic rings. The molecule has 2 aromatic heterocycles. The molecule has 1 N–H and O–H groups in total. The van der Waals surface area contributed by atoms with Crippen molar-refractivity contribution in [2.24, 2.45) is 0 Å². The van der Waals surface area contributed by atoms with Gasteiger partial charge in [-0.05, 0) is 49.2 Å². The van der Waals surface area contributed by atoms with Gasteiger partial charge >= 0.3 is 0 Å². The molecule has 1 aromatic carbocycles. The molecule has 128 valence electrons. The third-order valence-electron chi connectivity index (χ3n) is 4.67. The quantitative estimate of drug-likeness (QED) is 0.795. The lowest BCUT2D eigenvalue weighted by molar-refractivity contribution is 0.0679. The summed E-state index contributed by atoms with van der Waals surface area (Å²) in [6, 6.07) is 9.87. The first-order valence-electron chi connectivity index (χ1n) is 8.43. The number of nitrogens with zero attached hydrogens (tertiary/aromatic N) is 3. The number of rotatable bonds is 3. The fourth-order valence-corrected chi connectivity index (χ4v) is 3.32. The van der Waals surface area contributed by atoms with E-state index in [1.165, 1.54) is 12.1 Å². The predicted octanol–water partition coefficient (Wildman–Crippen LogP) is 3.49. The number of hydrogen-bond acceptors (Lipinski definition) is 2. The lowest BCUT2D eigenvalue weighted by atomic mass is 10.0. The van der Waals surface area contributed by atoms with Gasteiger partial charge in [0, 0.05) is 31.0 Å². The molecule has 3 heterocycles. The summed E-state index contributed by atoms with van der Waals surface area (Å²) in [5.74, 6) is -0.377. The van der Waals surface area contributed by atoms with Gasteiger partial charge in [-0.15, -0.1) is 0 Å². The van der Waals surface area contributed by atoms with Crippen LogP contribution in [0.4, 0.5) is 4.39 Å². The van der Waals surface area contributed by atoms with Crippen LogP contribution in [0.15, 0.2) is 55.1 Å². The highest BCUT2D eigenvalue weighted by molar-refractivity contribution is 5.94. The SMILES string of the molecule is O=C(c1ccc(F)cc1)N1CCCC(n2cnc(-c3ccc[nH]3)c2)C1. The Labute approximate surface area is 145 Å². The number of aromatic amines is 1. The van der Waals surface area contributed by atoms with Gasteiger partial charge in [0.05, 0.1) is 18.1 Å². The maximum Gasteiger partial charge on any atom is 0.253 e. The first-order valence-corrected chi connectivity index (χ1v) is 8.43. The Morgan fingerprint density at radius 2 is 2.08 bits per heavy atom. The van der Waals surface area contributed by atoms with Crippen molar-refractivity contribution in [2.45, 2.75) is 18.9 Å². The molecular formula is C19H19FN4O. The van der Waals surface area contributed by atoms with Crippen molar-refractivity contribution in [3.05, 3.63) is 66.5 Å². The third kappa shape index (κ3) is 3.20. The molecule has 0 saturated carbocycles. The summed E-state index contributed by atoms with van der Waals surface area (Å²) in [5.41, 5.74) is 2.40. The van der Waals surface area contributed by atoms with Crippen LogP contribution in [0.5, 0.6) is 0 Å². The highest BCUT2D eigenvalue weighted by Crippen LogP contribution is 2.25. The molecule has 0 aliphatic carbocycles. The van der Waals surface area contributed by atoms with E-state index in [4.69, 9.17) is 0 Å². The number of carbonyl (C=O) groups excluding carboxylic acids is 1. The zero-order chi connectivity index (χ0) is 17.2. The molecule has 1 amide bonds. The van der Waals surface area contributed by atoms with Crippen molar-refractivity contribution in [3.8, 4) is 11.4 Å². The van der Waals surface area contributed by atoms with E-state index in [0.717, 1.165) is 30.8 Å². The van der Waals surface area contributed by atoms with Gasteiger partial charge in [0.25, 0.3) is 5.91 Å². The predicted molar refractivity (Wildman–Crippen MR) is 92.6 cm³/mol. The van der Waals surface area contributed by atoms with Gasteiger partial charge in [-0.2, -0.15) is 0 Å². The lowest BCUT2D eigenvalue weighted by Gasteiger charge is -2.33. The van der Waals surface area contributed by atoms with Gasteiger partial charge in [0.1, 0.15) is 11.5 Å². The number of halogens is 1. The van der Waals surface area contributed by atoms with Crippen molar-refractivity contribution in [2.75, 3.05) is 13.1 Å². The van der Waals surface area contributed by atoms with Crippen LogP contribution in [0, 0.1) is 5.82 Å². The molecule has 1 fully saturated rings. The second-order valence-electron chi connectivity index (χ2n) is 6.34. The van der Waals surface area contributed by atoms with E-state index in [9.17, 15) is 9.18 Å². The first-order chi connectivity index (χ1) is 12.2. The number of H-pyrrole nitrogens is 1. The van der Waals surface area contributed by atoms with Gasteiger partial charge in [0.2, 0.25) is 0 Å². The molecule has 1 aliphatic heterocycles. The van der Waals surface area contributed by atoms with Crippen LogP contribution in [0.25, 0.3) is 11.4 Å². The summed E-state index contributed by atoms with van der Waals surface area (Å²) in [5, 5.41) is 0. The minimum absolute atomic E-state index is 0.0468. The van der Waals surface area contributed by atoms with E-state index in [0.29, 0.717) is 12.1 Å². The number of likely N-dealkylation sites (tertiary alicyclic amines) is 1. The summed E-state index contributed by atoms with van der Waals surface area (Å²) in [6.07, 6.45) is 7.66. The van der Waals surface area contributed by atoms with Crippen LogP contribution in [-0.2, 0) is 0 Å². The van der Waals surface area contributed by atoms with Crippen molar-refractivity contribution in [3.63, 3.8) is 0 Å². The van der Waals surface area contributed by atoms with E-state index in [1.807, 2.05) is 35.8 Å². The molecule has 25 heavy (non-hydrogen) atoms. The summed E-state index contributed by atoms with van der Waals surface area (Å²) in [6.45, 7) is 1.36. The standard InChI is InChI=1S/C19H19FN4O/c20-15-7-5-14(6-8-15)19(25)23-10-2-3-16(11-23)24-12-18(22-13-24)17-4-1-9-21-17/h1,4-9,12-13,16,21H,2-3,10-11H2. The van der Waals surface area contributed by atoms with Crippen molar-refractivity contribution >= 4 is 5.91 Å². The maximum absolute atomic E-state index is 13.1. The van der Waals surface area contributed by atoms with Crippen LogP contribution in [0.1, 0.15) is 29.2 Å². The molecule has 0 bridgehead atoms. The molecule has 1 saturated heterocycles. The van der Waals surface area contributed by atoms with Crippen LogP contribution < -0.4 is 0 Å². The minimum Gasteiger partial charge on any atom is -0.360 e. The Kier molecular flexibility index (Phi) is 4.09. The maximum atomic E-state index is 13.1. The van der Waals surface area contributed by atoms with Crippen LogP contribution in [0.2, 0.25) is 0 Å².